The number of hydrogen-bond acceptors (Lipinski definition) is 11. The van der Waals surface area contributed by atoms with Gasteiger partial charge in [-0.25, -0.2) is 4.18 Å². The van der Waals surface area contributed by atoms with Crippen LogP contribution in [0.25, 0.3) is 0 Å². The van der Waals surface area contributed by atoms with E-state index in [1.54, 1.807) is 6.08 Å². The third kappa shape index (κ3) is 31.8. The average Bonchev–Trinajstić information content (AvgIpc) is 3.25. The molecule has 7 N–H and O–H groups in total. The molecule has 0 aromatic heterocycles. The third-order valence-corrected chi connectivity index (χ3v) is 12.2. The Bertz CT molecular complexity index is 1280. The molecule has 0 radical (unpaired) electrons. The summed E-state index contributed by atoms with van der Waals surface area (Å²) in [6, 6.07) is -1.14. The summed E-state index contributed by atoms with van der Waals surface area (Å²) in [7, 11) is -5.12. The molecule has 1 rings (SSSR count). The topological polar surface area (TPSA) is 212 Å². The lowest BCUT2D eigenvalue weighted by atomic mass is 9.99. The van der Waals surface area contributed by atoms with E-state index in [1.165, 1.54) is 128 Å². The van der Waals surface area contributed by atoms with Gasteiger partial charge < -0.3 is 40.3 Å². The van der Waals surface area contributed by atoms with E-state index >= 15 is 0 Å². The molecule has 63 heavy (non-hydrogen) atoms. The molecule has 0 aromatic rings. The normalized spacial score (nSPS) is 21.2. The van der Waals surface area contributed by atoms with Crippen LogP contribution in [0.4, 0.5) is 0 Å². The van der Waals surface area contributed by atoms with Crippen LogP contribution >= 0.6 is 0 Å². The number of carbonyl (C=O) groups excluding carboxylic acids is 1. The summed E-state index contributed by atoms with van der Waals surface area (Å²) < 4.78 is 47.6. The third-order valence-electron chi connectivity index (χ3n) is 11.8. The van der Waals surface area contributed by atoms with E-state index in [-0.39, 0.29) is 6.42 Å². The van der Waals surface area contributed by atoms with Crippen LogP contribution in [0.5, 0.6) is 0 Å². The quantitative estimate of drug-likeness (QED) is 0.0174. The second-order valence-corrected chi connectivity index (χ2v) is 18.6. The SMILES string of the molecule is CCCCCCCCCCC/C=C\CCCCCCC(O)C(=O)NC(COC1OC(CO)C(O)C(OS(=O)(=O)O)C1O)C(O)/C=C/CC/C=C/CCCCCCCCCCCCC. The number of carbonyl (C=O) groups is 1. The predicted molar refractivity (Wildman–Crippen MR) is 251 cm³/mol. The maximum absolute atomic E-state index is 13.1. The highest BCUT2D eigenvalue weighted by molar-refractivity contribution is 7.80. The average molecular weight is 918 g/mol. The van der Waals surface area contributed by atoms with Crippen molar-refractivity contribution in [3.63, 3.8) is 0 Å². The number of rotatable bonds is 42. The summed E-state index contributed by atoms with van der Waals surface area (Å²) in [5, 5.41) is 55.3. The Morgan fingerprint density at radius 2 is 1.06 bits per heavy atom. The monoisotopic (exact) mass is 918 g/mol. The van der Waals surface area contributed by atoms with Gasteiger partial charge in [0.15, 0.2) is 6.29 Å². The van der Waals surface area contributed by atoms with E-state index in [4.69, 9.17) is 9.47 Å². The van der Waals surface area contributed by atoms with Crippen LogP contribution in [-0.2, 0) is 28.9 Å². The molecule has 0 aromatic carbocycles. The Kier molecular flexibility index (Phi) is 37.1. The lowest BCUT2D eigenvalue weighted by Crippen LogP contribution is -2.61. The summed E-state index contributed by atoms with van der Waals surface area (Å²) in [4.78, 5) is 13.1. The molecule has 0 aliphatic carbocycles. The number of allylic oxidation sites excluding steroid dienone is 5. The van der Waals surface area contributed by atoms with Gasteiger partial charge >= 0.3 is 10.4 Å². The highest BCUT2D eigenvalue weighted by Gasteiger charge is 2.48. The summed E-state index contributed by atoms with van der Waals surface area (Å²) in [6.07, 6.45) is 35.1. The molecular weight excluding hydrogens is 827 g/mol. The fourth-order valence-corrected chi connectivity index (χ4v) is 8.27. The lowest BCUT2D eigenvalue weighted by Gasteiger charge is -2.41. The van der Waals surface area contributed by atoms with Crippen molar-refractivity contribution in [2.75, 3.05) is 13.2 Å². The van der Waals surface area contributed by atoms with E-state index in [9.17, 15) is 43.3 Å². The Morgan fingerprint density at radius 1 is 0.635 bits per heavy atom. The summed E-state index contributed by atoms with van der Waals surface area (Å²) in [6.45, 7) is 3.20. The first-order valence-electron chi connectivity index (χ1n) is 25.0. The van der Waals surface area contributed by atoms with Gasteiger partial charge in [0.1, 0.15) is 30.5 Å². The van der Waals surface area contributed by atoms with Gasteiger partial charge in [-0.05, 0) is 57.8 Å². The van der Waals surface area contributed by atoms with Crippen molar-refractivity contribution >= 4 is 16.3 Å². The van der Waals surface area contributed by atoms with Crippen molar-refractivity contribution in [2.45, 2.75) is 255 Å². The van der Waals surface area contributed by atoms with Gasteiger partial charge in [0.2, 0.25) is 5.91 Å². The minimum absolute atomic E-state index is 0.223. The van der Waals surface area contributed by atoms with E-state index in [2.05, 4.69) is 47.7 Å². The van der Waals surface area contributed by atoms with Crippen molar-refractivity contribution in [1.29, 1.82) is 0 Å². The highest BCUT2D eigenvalue weighted by atomic mass is 32.3. The van der Waals surface area contributed by atoms with Crippen molar-refractivity contribution in [2.24, 2.45) is 0 Å². The van der Waals surface area contributed by atoms with E-state index in [1.807, 2.05) is 0 Å². The zero-order chi connectivity index (χ0) is 46.4. The first-order valence-corrected chi connectivity index (χ1v) is 26.3. The molecule has 1 saturated heterocycles. The van der Waals surface area contributed by atoms with Crippen molar-refractivity contribution in [3.05, 3.63) is 36.5 Å². The highest BCUT2D eigenvalue weighted by Crippen LogP contribution is 2.26. The van der Waals surface area contributed by atoms with Crippen molar-refractivity contribution in [3.8, 4) is 0 Å². The largest absolute Gasteiger partial charge is 0.397 e. The standard InChI is InChI=1S/C49H91NO12S/c1-3-5-7-9-11-13-15-17-19-21-23-25-27-29-31-33-35-37-42(52)41(40-60-49-46(55)47(62-63(57,58)59)45(54)44(39-51)61-49)50-48(56)43(53)38-36-34-32-30-28-26-24-22-20-18-16-14-12-10-8-6-4-2/h24,26-27,29,35,37,41-47,49,51-55H,3-23,25,28,30-34,36,38-40H2,1-2H3,(H,50,56)(H,57,58,59)/b26-24-,29-27+,37-35+. The Labute approximate surface area is 382 Å². The molecule has 370 valence electrons. The van der Waals surface area contributed by atoms with Crippen molar-refractivity contribution in [1.82, 2.24) is 5.32 Å². The van der Waals surface area contributed by atoms with Gasteiger partial charge in [-0.1, -0.05) is 185 Å². The van der Waals surface area contributed by atoms with Crippen LogP contribution in [0.15, 0.2) is 36.5 Å². The number of nitrogens with one attached hydrogen (secondary N) is 1. The molecule has 8 atom stereocenters. The van der Waals surface area contributed by atoms with E-state index in [0.717, 1.165) is 51.4 Å². The van der Waals surface area contributed by atoms with Crippen LogP contribution in [0, 0.1) is 0 Å². The fourth-order valence-electron chi connectivity index (χ4n) is 7.77. The van der Waals surface area contributed by atoms with Crippen LogP contribution in [0.1, 0.15) is 206 Å². The molecule has 13 nitrogen and oxygen atoms in total. The lowest BCUT2D eigenvalue weighted by molar-refractivity contribution is -0.298. The summed E-state index contributed by atoms with van der Waals surface area (Å²) in [5.41, 5.74) is 0. The molecule has 0 saturated carbocycles. The number of aliphatic hydroxyl groups excluding tert-OH is 5. The van der Waals surface area contributed by atoms with Gasteiger partial charge in [0.25, 0.3) is 0 Å². The van der Waals surface area contributed by atoms with E-state index < -0.39 is 78.5 Å². The van der Waals surface area contributed by atoms with Gasteiger partial charge in [-0.2, -0.15) is 8.42 Å². The van der Waals surface area contributed by atoms with Gasteiger partial charge in [-0.15, -0.1) is 0 Å². The number of hydrogen-bond donors (Lipinski definition) is 7. The molecular formula is C49H91NO12S. The number of ether oxygens (including phenoxy) is 2. The van der Waals surface area contributed by atoms with E-state index in [0.29, 0.717) is 12.8 Å². The Balaban J connectivity index is 2.58. The zero-order valence-electron chi connectivity index (χ0n) is 39.3. The number of amides is 1. The molecule has 1 fully saturated rings. The molecule has 1 aliphatic rings. The maximum Gasteiger partial charge on any atom is 0.397 e. The second-order valence-electron chi connectivity index (χ2n) is 17.5. The predicted octanol–water partition coefficient (Wildman–Crippen LogP) is 9.25. The summed E-state index contributed by atoms with van der Waals surface area (Å²) >= 11 is 0. The smallest absolute Gasteiger partial charge is 0.394 e. The van der Waals surface area contributed by atoms with Crippen LogP contribution in [0.2, 0.25) is 0 Å². The Hall–Kier alpha value is -1.72. The molecule has 1 heterocycles. The first kappa shape index (κ1) is 59.3. The van der Waals surface area contributed by atoms with Crippen LogP contribution in [0.3, 0.4) is 0 Å². The van der Waals surface area contributed by atoms with Crippen molar-refractivity contribution < 1.29 is 57.0 Å². The minimum Gasteiger partial charge on any atom is -0.394 e. The van der Waals surface area contributed by atoms with Crippen LogP contribution < -0.4 is 5.32 Å². The molecule has 0 spiro atoms. The summed E-state index contributed by atoms with van der Waals surface area (Å²) in [5.74, 6) is -0.720. The molecule has 1 amide bonds. The number of unbranched alkanes of at least 4 members (excludes halogenated alkanes) is 25. The molecule has 14 heteroatoms. The fraction of sp³-hybridized carbons (Fsp3) is 0.857. The molecule has 8 unspecified atom stereocenters. The zero-order valence-corrected chi connectivity index (χ0v) is 40.1. The Morgan fingerprint density at radius 3 is 1.52 bits per heavy atom. The van der Waals surface area contributed by atoms with Gasteiger partial charge in [-0.3, -0.25) is 9.35 Å². The number of aliphatic hydroxyl groups is 5. The maximum atomic E-state index is 13.1. The first-order chi connectivity index (χ1) is 30.4. The second kappa shape index (κ2) is 39.4. The molecule has 1 aliphatic heterocycles. The van der Waals surface area contributed by atoms with Crippen LogP contribution in [-0.4, -0.2) is 107 Å². The van der Waals surface area contributed by atoms with Gasteiger partial charge in [0.05, 0.1) is 25.4 Å². The van der Waals surface area contributed by atoms with Gasteiger partial charge in [0, 0.05) is 0 Å². The molecule has 0 bridgehead atoms. The minimum atomic E-state index is -5.12.